The van der Waals surface area contributed by atoms with Crippen LogP contribution in [-0.4, -0.2) is 50.2 Å². The van der Waals surface area contributed by atoms with Gasteiger partial charge in [-0.15, -0.1) is 0 Å². The minimum absolute atomic E-state index is 0.0553. The van der Waals surface area contributed by atoms with Crippen molar-refractivity contribution in [3.63, 3.8) is 0 Å². The average Bonchev–Trinajstić information content (AvgIpc) is 3.00. The molecule has 2 bridgehead atoms. The highest BCUT2D eigenvalue weighted by molar-refractivity contribution is 5.78. The minimum Gasteiger partial charge on any atom is -0.468 e. The molecule has 2 aromatic heterocycles. The summed E-state index contributed by atoms with van der Waals surface area (Å²) in [7, 11) is 1.29. The van der Waals surface area contributed by atoms with Gasteiger partial charge in [0.2, 0.25) is 0 Å². The number of esters is 1. The molecule has 3 fully saturated rings. The van der Waals surface area contributed by atoms with Crippen LogP contribution in [0.3, 0.4) is 0 Å². The number of carbonyl (C=O) groups excluding carboxylic acids is 1. The SMILES string of the molecule is COC(=O)Cn1c(-c2nc3ccccc3n(C3CC4CCCC(C3)N4C3CCCCCCCCC3)c2=O)cccc1=O. The molecule has 3 aliphatic rings. The van der Waals surface area contributed by atoms with Crippen molar-refractivity contribution in [1.82, 2.24) is 19.0 Å². The molecule has 0 N–H and O–H groups in total. The van der Waals surface area contributed by atoms with Crippen molar-refractivity contribution in [3.05, 3.63) is 63.2 Å². The number of nitrogens with zero attached hydrogens (tertiary/aromatic N) is 4. The second kappa shape index (κ2) is 12.9. The lowest BCUT2D eigenvalue weighted by Gasteiger charge is -2.53. The zero-order valence-corrected chi connectivity index (χ0v) is 24.9. The standard InChI is InChI=1S/C34H44N4O4/c1-42-32(40)23-36-30(19-12-20-31(36)39)33-34(41)38(29-18-10-9-17-28(29)35-33)27-21-25-15-11-16-26(22-27)37(25)24-13-7-5-3-2-4-6-8-14-24/h9-10,12,17-20,24-27H,2-8,11,13-16,21-23H2,1H3. The molecule has 1 aliphatic carbocycles. The van der Waals surface area contributed by atoms with E-state index in [1.54, 1.807) is 12.1 Å². The Bertz CT molecular complexity index is 1500. The van der Waals surface area contributed by atoms with Gasteiger partial charge in [0, 0.05) is 30.2 Å². The monoisotopic (exact) mass is 572 g/mol. The summed E-state index contributed by atoms with van der Waals surface area (Å²) in [5, 5.41) is 0. The van der Waals surface area contributed by atoms with Crippen molar-refractivity contribution in [2.24, 2.45) is 0 Å². The molecule has 2 aliphatic heterocycles. The number of para-hydroxylation sites is 2. The summed E-state index contributed by atoms with van der Waals surface area (Å²) in [4.78, 5) is 47.1. The highest BCUT2D eigenvalue weighted by atomic mass is 16.5. The van der Waals surface area contributed by atoms with Crippen LogP contribution in [0.4, 0.5) is 0 Å². The van der Waals surface area contributed by atoms with E-state index in [1.165, 1.54) is 94.8 Å². The van der Waals surface area contributed by atoms with E-state index in [0.29, 0.717) is 29.3 Å². The summed E-state index contributed by atoms with van der Waals surface area (Å²) in [6, 6.07) is 14.2. The smallest absolute Gasteiger partial charge is 0.325 e. The molecule has 42 heavy (non-hydrogen) atoms. The van der Waals surface area contributed by atoms with Crippen molar-refractivity contribution < 1.29 is 9.53 Å². The third kappa shape index (κ3) is 5.83. The van der Waals surface area contributed by atoms with Crippen LogP contribution >= 0.6 is 0 Å². The summed E-state index contributed by atoms with van der Waals surface area (Å²) < 4.78 is 8.11. The lowest BCUT2D eigenvalue weighted by Crippen LogP contribution is -2.57. The first kappa shape index (κ1) is 28.8. The third-order valence-corrected chi connectivity index (χ3v) is 9.97. The number of pyridine rings is 1. The second-order valence-corrected chi connectivity index (χ2v) is 12.6. The quantitative estimate of drug-likeness (QED) is 0.357. The Kier molecular flexibility index (Phi) is 8.89. The van der Waals surface area contributed by atoms with Gasteiger partial charge in [0.15, 0.2) is 5.69 Å². The van der Waals surface area contributed by atoms with Crippen LogP contribution in [0.2, 0.25) is 0 Å². The van der Waals surface area contributed by atoms with Gasteiger partial charge in [-0.25, -0.2) is 4.98 Å². The maximum absolute atomic E-state index is 14.4. The van der Waals surface area contributed by atoms with Crippen LogP contribution in [0.25, 0.3) is 22.4 Å². The number of fused-ring (bicyclic) bond motifs is 3. The number of ether oxygens (including phenoxy) is 1. The number of hydrogen-bond donors (Lipinski definition) is 0. The zero-order chi connectivity index (χ0) is 29.1. The van der Waals surface area contributed by atoms with Crippen molar-refractivity contribution in [3.8, 4) is 11.4 Å². The molecule has 0 spiro atoms. The summed E-state index contributed by atoms with van der Waals surface area (Å²) in [6.45, 7) is -0.274. The van der Waals surface area contributed by atoms with E-state index in [0.717, 1.165) is 18.4 Å². The van der Waals surface area contributed by atoms with Gasteiger partial charge < -0.3 is 9.30 Å². The molecule has 1 saturated carbocycles. The molecular weight excluding hydrogens is 528 g/mol. The maximum Gasteiger partial charge on any atom is 0.325 e. The van der Waals surface area contributed by atoms with Crippen molar-refractivity contribution >= 4 is 17.0 Å². The van der Waals surface area contributed by atoms with E-state index in [4.69, 9.17) is 9.72 Å². The molecule has 6 rings (SSSR count). The van der Waals surface area contributed by atoms with Gasteiger partial charge >= 0.3 is 5.97 Å². The maximum atomic E-state index is 14.4. The van der Waals surface area contributed by atoms with Crippen LogP contribution in [-0.2, 0) is 16.1 Å². The first-order chi connectivity index (χ1) is 20.5. The molecule has 4 heterocycles. The van der Waals surface area contributed by atoms with Crippen LogP contribution < -0.4 is 11.1 Å². The molecular formula is C34H44N4O4. The van der Waals surface area contributed by atoms with Crippen molar-refractivity contribution in [2.45, 2.75) is 121 Å². The number of rotatable bonds is 5. The lowest BCUT2D eigenvalue weighted by atomic mass is 9.79. The fourth-order valence-electron chi connectivity index (χ4n) is 8.05. The molecule has 8 heteroatoms. The van der Waals surface area contributed by atoms with Crippen LogP contribution in [0.15, 0.2) is 52.1 Å². The van der Waals surface area contributed by atoms with Crippen LogP contribution in [0.1, 0.15) is 95.9 Å². The Labute approximate surface area is 247 Å². The molecule has 1 aromatic carbocycles. The highest BCUT2D eigenvalue weighted by Gasteiger charge is 2.42. The van der Waals surface area contributed by atoms with Crippen LogP contribution in [0.5, 0.6) is 0 Å². The molecule has 0 radical (unpaired) electrons. The highest BCUT2D eigenvalue weighted by Crippen LogP contribution is 2.42. The van der Waals surface area contributed by atoms with E-state index >= 15 is 0 Å². The Hall–Kier alpha value is -3.26. The lowest BCUT2D eigenvalue weighted by molar-refractivity contribution is -0.141. The summed E-state index contributed by atoms with van der Waals surface area (Å²) in [5.74, 6) is -0.550. The van der Waals surface area contributed by atoms with Gasteiger partial charge in [0.25, 0.3) is 11.1 Å². The largest absolute Gasteiger partial charge is 0.468 e. The third-order valence-electron chi connectivity index (χ3n) is 9.97. The average molecular weight is 573 g/mol. The number of carbonyl (C=O) groups is 1. The summed E-state index contributed by atoms with van der Waals surface area (Å²) >= 11 is 0. The Morgan fingerprint density at radius 1 is 0.786 bits per heavy atom. The first-order valence-corrected chi connectivity index (χ1v) is 16.1. The topological polar surface area (TPSA) is 86.4 Å². The summed E-state index contributed by atoms with van der Waals surface area (Å²) in [5.41, 5.74) is 1.53. The first-order valence-electron chi connectivity index (χ1n) is 16.1. The number of methoxy groups -OCH3 is 1. The predicted octanol–water partition coefficient (Wildman–Crippen LogP) is 5.85. The molecule has 0 amide bonds. The Morgan fingerprint density at radius 3 is 2.12 bits per heavy atom. The van der Waals surface area contributed by atoms with E-state index in [9.17, 15) is 14.4 Å². The predicted molar refractivity (Wildman–Crippen MR) is 165 cm³/mol. The van der Waals surface area contributed by atoms with Gasteiger partial charge in [-0.3, -0.25) is 23.9 Å². The van der Waals surface area contributed by atoms with Gasteiger partial charge in [0.1, 0.15) is 6.54 Å². The van der Waals surface area contributed by atoms with Crippen molar-refractivity contribution in [2.75, 3.05) is 7.11 Å². The number of aromatic nitrogens is 3. The van der Waals surface area contributed by atoms with E-state index in [2.05, 4.69) is 4.90 Å². The Morgan fingerprint density at radius 2 is 1.43 bits per heavy atom. The molecule has 8 nitrogen and oxygen atoms in total. The zero-order valence-electron chi connectivity index (χ0n) is 24.9. The van der Waals surface area contributed by atoms with Gasteiger partial charge in [-0.1, -0.05) is 69.6 Å². The molecule has 224 valence electrons. The number of piperidine rings is 2. The fourth-order valence-corrected chi connectivity index (χ4v) is 8.05. The van der Waals surface area contributed by atoms with E-state index in [-0.39, 0.29) is 29.4 Å². The molecule has 3 aromatic rings. The fraction of sp³-hybridized carbons (Fsp3) is 0.588. The van der Waals surface area contributed by atoms with Gasteiger partial charge in [-0.05, 0) is 56.7 Å². The van der Waals surface area contributed by atoms with Gasteiger partial charge in [0.05, 0.1) is 23.8 Å². The van der Waals surface area contributed by atoms with E-state index < -0.39 is 5.97 Å². The Balaban J connectivity index is 1.38. The summed E-state index contributed by atoms with van der Waals surface area (Å²) in [6.07, 6.45) is 17.6. The van der Waals surface area contributed by atoms with Gasteiger partial charge in [-0.2, -0.15) is 0 Å². The van der Waals surface area contributed by atoms with Crippen LogP contribution in [0, 0.1) is 0 Å². The molecule has 2 unspecified atom stereocenters. The number of benzene rings is 1. The van der Waals surface area contributed by atoms with E-state index in [1.807, 2.05) is 28.8 Å². The minimum atomic E-state index is -0.550. The second-order valence-electron chi connectivity index (χ2n) is 12.6. The molecule has 2 atom stereocenters. The number of hydrogen-bond acceptors (Lipinski definition) is 6. The van der Waals surface area contributed by atoms with Crippen molar-refractivity contribution in [1.29, 1.82) is 0 Å². The molecule has 2 saturated heterocycles. The normalized spacial score (nSPS) is 24.4.